The van der Waals surface area contributed by atoms with Gasteiger partial charge >= 0.3 is 145 Å². The second kappa shape index (κ2) is 13.4. The van der Waals surface area contributed by atoms with E-state index >= 15 is 0 Å². The molecule has 0 spiro atoms. The fourth-order valence-electron chi connectivity index (χ4n) is 0. The molecule has 17 heavy (non-hydrogen) atoms. The third-order valence-electron chi connectivity index (χ3n) is 0. The van der Waals surface area contributed by atoms with Gasteiger partial charge in [0.15, 0.2) is 0 Å². The fraction of sp³-hybridized carbons (Fsp3) is 0. The van der Waals surface area contributed by atoms with Crippen LogP contribution in [0.3, 0.4) is 0 Å². The molecule has 0 unspecified atom stereocenters. The molecule has 0 saturated heterocycles. The van der Waals surface area contributed by atoms with Crippen molar-refractivity contribution >= 4 is 51.7 Å². The van der Waals surface area contributed by atoms with E-state index in [2.05, 4.69) is 0 Å². The van der Waals surface area contributed by atoms with E-state index in [1.165, 1.54) is 0 Å². The maximum atomic E-state index is 8.65. The van der Waals surface area contributed by atoms with Crippen molar-refractivity contribution in [2.24, 2.45) is 0 Å². The number of rotatable bonds is 0. The average Bonchev–Trinajstić information content (AvgIpc) is 1.41. The van der Waals surface area contributed by atoms with Crippen LogP contribution < -0.4 is 22.6 Å². The summed E-state index contributed by atoms with van der Waals surface area (Å²) in [5.74, 6) is 0. The van der Waals surface area contributed by atoms with Gasteiger partial charge in [0.2, 0.25) is 0 Å². The zero-order chi connectivity index (χ0) is 13.5. The Morgan fingerprint density at radius 2 is 0.412 bits per heavy atom. The topological polar surface area (TPSA) is 241 Å². The molecule has 0 N–H and O–H groups in total. The van der Waals surface area contributed by atoms with Crippen molar-refractivity contribution in [1.29, 1.82) is 0 Å². The van der Waals surface area contributed by atoms with Gasteiger partial charge < -0.3 is 0 Å². The molecule has 0 rings (SSSR count). The normalized spacial score (nSPS) is 10.2. The predicted octanol–water partition coefficient (Wildman–Crippen LogP) is -8.62. The minimum absolute atomic E-state index is 0. The van der Waals surface area contributed by atoms with Crippen molar-refractivity contribution < 1.29 is 93.2 Å². The van der Waals surface area contributed by atoms with E-state index in [1.807, 2.05) is 0 Å². The van der Waals surface area contributed by atoms with E-state index in [-0.39, 0.29) is 51.7 Å². The Kier molecular flexibility index (Phi) is 24.9. The van der Waals surface area contributed by atoms with Crippen LogP contribution >= 0.6 is 0 Å². The molecular weight excluding hydrogens is 973 g/mol. The second-order valence-electron chi connectivity index (χ2n) is 1.22. The van der Waals surface area contributed by atoms with Crippen LogP contribution in [0.25, 0.3) is 0 Å². The van der Waals surface area contributed by atoms with Gasteiger partial charge in [0.25, 0.3) is 0 Å². The van der Waals surface area contributed by atoms with Gasteiger partial charge in [-0.1, -0.05) is 0 Å². The molecule has 0 saturated carbocycles. The van der Waals surface area contributed by atoms with Gasteiger partial charge in [0, 0.05) is 0 Å². The molecule has 0 amide bonds. The van der Waals surface area contributed by atoms with Crippen molar-refractivity contribution in [1.82, 2.24) is 0 Å². The zero-order valence-corrected chi connectivity index (χ0v) is 22.7. The molecule has 0 aromatic heterocycles. The molecule has 0 radical (unpaired) electrons. The first-order valence-electron chi connectivity index (χ1n) is 2.00. The first-order valence-corrected chi connectivity index (χ1v) is 16.4. The Balaban J connectivity index is -0.0000000400. The summed E-state index contributed by atoms with van der Waals surface area (Å²) in [6.07, 6.45) is 0. The van der Waals surface area contributed by atoms with E-state index < -0.39 is 50.2 Å². The third kappa shape index (κ3) is 879. The summed E-state index contributed by atoms with van der Waals surface area (Å²) >= 11 is -18.5. The van der Waals surface area contributed by atoms with Gasteiger partial charge in [0.1, 0.15) is 0 Å². The number of hydrogen-bond acceptors (Lipinski definition) is 12. The summed E-state index contributed by atoms with van der Waals surface area (Å²) in [5, 5.41) is 0. The van der Waals surface area contributed by atoms with Crippen molar-refractivity contribution in [3.05, 3.63) is 0 Å². The van der Waals surface area contributed by atoms with Crippen LogP contribution in [-0.4, -0.2) is 51.7 Å². The first kappa shape index (κ1) is 31.7. The van der Waals surface area contributed by atoms with Crippen LogP contribution in [0.1, 0.15) is 0 Å². The summed E-state index contributed by atoms with van der Waals surface area (Å²) in [5.41, 5.74) is 0. The maximum absolute atomic E-state index is 8.65. The Morgan fingerprint density at radius 1 is 0.412 bits per heavy atom. The summed E-state index contributed by atoms with van der Waals surface area (Å²) in [7, 11) is 0. The van der Waals surface area contributed by atoms with Gasteiger partial charge in [-0.2, -0.15) is 0 Å². The van der Waals surface area contributed by atoms with Crippen molar-refractivity contribution in [2.75, 3.05) is 0 Å². The fourth-order valence-corrected chi connectivity index (χ4v) is 0. The van der Waals surface area contributed by atoms with Gasteiger partial charge in [-0.25, -0.2) is 0 Å². The first-order chi connectivity index (χ1) is 6.00. The van der Waals surface area contributed by atoms with E-state index in [9.17, 15) is 0 Å². The van der Waals surface area contributed by atoms with E-state index in [4.69, 9.17) is 42.9 Å². The summed E-state index contributed by atoms with van der Waals surface area (Å²) < 4.78 is 104. The second-order valence-corrected chi connectivity index (χ2v) is 10.0. The molecule has 0 aliphatic carbocycles. The standard InChI is InChI=1S/2In.12O.3W/q2*+3;;;;;;;6*-1;;;. The molecule has 0 fully saturated rings. The molecular formula is In2O12W3. The minimum atomic E-state index is -6.17. The Morgan fingerprint density at radius 3 is 0.412 bits per heavy atom. The summed E-state index contributed by atoms with van der Waals surface area (Å²) in [4.78, 5) is 0. The Labute approximate surface area is 142 Å². The molecule has 0 aliphatic heterocycles. The Hall–Kier alpha value is 2.37. The van der Waals surface area contributed by atoms with Gasteiger partial charge in [-0.3, -0.25) is 0 Å². The van der Waals surface area contributed by atoms with Crippen LogP contribution in [0.15, 0.2) is 0 Å². The number of hydrogen-bond donors (Lipinski definition) is 0. The molecule has 0 atom stereocenters. The van der Waals surface area contributed by atoms with Crippen LogP contribution in [0.2, 0.25) is 0 Å². The quantitative estimate of drug-likeness (QED) is 0.220. The van der Waals surface area contributed by atoms with E-state index in [0.717, 1.165) is 0 Å². The molecule has 0 bridgehead atoms. The third-order valence-corrected chi connectivity index (χ3v) is 0. The summed E-state index contributed by atoms with van der Waals surface area (Å²) in [6, 6.07) is 0. The van der Waals surface area contributed by atoms with E-state index in [0.29, 0.717) is 0 Å². The molecule has 17 heteroatoms. The van der Waals surface area contributed by atoms with Crippen LogP contribution in [0.5, 0.6) is 0 Å². The van der Waals surface area contributed by atoms with Crippen LogP contribution in [0.4, 0.5) is 0 Å². The Bertz CT molecular complexity index is 341. The van der Waals surface area contributed by atoms with Gasteiger partial charge in [0.05, 0.1) is 0 Å². The van der Waals surface area contributed by atoms with Gasteiger partial charge in [-0.05, 0) is 0 Å². The van der Waals surface area contributed by atoms with Crippen molar-refractivity contribution in [3.8, 4) is 0 Å². The van der Waals surface area contributed by atoms with Gasteiger partial charge in [-0.15, -0.1) is 0 Å². The predicted molar refractivity (Wildman–Crippen MR) is 15.6 cm³/mol. The van der Waals surface area contributed by atoms with Crippen LogP contribution in [-0.2, 0) is 70.6 Å². The molecule has 96 valence electrons. The molecule has 12 nitrogen and oxygen atoms in total. The SMILES string of the molecule is [In+3].[In+3].[O]=[W](=[O])([O-])[O-].[O]=[W](=[O])([O-])[O-].[O]=[W](=[O])([O-])[O-]. The van der Waals surface area contributed by atoms with Crippen molar-refractivity contribution in [2.45, 2.75) is 0 Å². The molecule has 0 aliphatic rings. The monoisotopic (exact) mass is 974 g/mol. The van der Waals surface area contributed by atoms with Crippen LogP contribution in [0, 0.1) is 0 Å². The molecule has 0 aromatic rings. The molecule has 0 aromatic carbocycles. The summed E-state index contributed by atoms with van der Waals surface area (Å²) in [6.45, 7) is 0. The zero-order valence-electron chi connectivity index (χ0n) is 7.28. The van der Waals surface area contributed by atoms with E-state index in [1.54, 1.807) is 0 Å². The molecule has 0 heterocycles. The van der Waals surface area contributed by atoms with Crippen molar-refractivity contribution in [3.63, 3.8) is 0 Å². The average molecular weight is 973 g/mol.